The molecule has 0 fully saturated rings. The maximum atomic E-state index is 2.39. The van der Waals surface area contributed by atoms with E-state index in [-0.39, 0.29) is 5.79 Å². The summed E-state index contributed by atoms with van der Waals surface area (Å²) in [6.45, 7) is 6.82. The van der Waals surface area contributed by atoms with Crippen molar-refractivity contribution in [2.24, 2.45) is 0 Å². The molecule has 4 nitrogen and oxygen atoms in total. The minimum absolute atomic E-state index is 0.0904. The third-order valence-corrected chi connectivity index (χ3v) is 6.83. The van der Waals surface area contributed by atoms with Gasteiger partial charge in [0.1, 0.15) is 5.79 Å². The first-order valence-corrected chi connectivity index (χ1v) is 13.8. The van der Waals surface area contributed by atoms with Gasteiger partial charge in [-0.1, -0.05) is 111 Å². The van der Waals surface area contributed by atoms with Crippen molar-refractivity contribution in [3.05, 3.63) is 0 Å². The van der Waals surface area contributed by atoms with E-state index in [9.17, 15) is 0 Å². The standard InChI is InChI=1S/C18H42N4.C10H22/c1-10-11-12-13-14-15-16-17(19(2)3)18(20(4)5,21(6)7)22(8)9;1-3-5-7-9-10-8-6-4-2/h17H,10-16H2,1-9H3;3-10H2,1-2H3. The summed E-state index contributed by atoms with van der Waals surface area (Å²) >= 11 is 0. The van der Waals surface area contributed by atoms with E-state index in [1.807, 2.05) is 0 Å². The van der Waals surface area contributed by atoms with E-state index in [1.54, 1.807) is 0 Å². The van der Waals surface area contributed by atoms with Crippen LogP contribution in [0.2, 0.25) is 0 Å². The van der Waals surface area contributed by atoms with Crippen LogP contribution in [0.15, 0.2) is 0 Å². The number of nitrogens with zero attached hydrogens (tertiary/aromatic N) is 4. The summed E-state index contributed by atoms with van der Waals surface area (Å²) in [5.41, 5.74) is 0. The Morgan fingerprint density at radius 2 is 0.719 bits per heavy atom. The number of unbranched alkanes of at least 4 members (excludes halogenated alkanes) is 12. The molecule has 0 aromatic heterocycles. The van der Waals surface area contributed by atoms with Crippen LogP contribution in [0.4, 0.5) is 0 Å². The average molecular weight is 457 g/mol. The molecule has 0 spiro atoms. The van der Waals surface area contributed by atoms with Gasteiger partial charge in [0.05, 0.1) is 6.04 Å². The molecule has 1 unspecified atom stereocenters. The number of likely N-dealkylation sites (N-methyl/N-ethyl adjacent to an activating group) is 4. The molecule has 1 atom stereocenters. The second-order valence-electron chi connectivity index (χ2n) is 10.5. The normalized spacial score (nSPS) is 13.2. The Labute approximate surface area is 205 Å². The van der Waals surface area contributed by atoms with Crippen molar-refractivity contribution in [3.8, 4) is 0 Å². The van der Waals surface area contributed by atoms with Gasteiger partial charge >= 0.3 is 0 Å². The molecule has 0 radical (unpaired) electrons. The van der Waals surface area contributed by atoms with E-state index < -0.39 is 0 Å². The Kier molecular flexibility index (Phi) is 22.7. The molecule has 196 valence electrons. The van der Waals surface area contributed by atoms with Crippen molar-refractivity contribution in [2.75, 3.05) is 56.4 Å². The second kappa shape index (κ2) is 21.4. The van der Waals surface area contributed by atoms with Crippen molar-refractivity contribution in [2.45, 2.75) is 129 Å². The van der Waals surface area contributed by atoms with E-state index in [0.717, 1.165) is 0 Å². The molecule has 0 bridgehead atoms. The summed E-state index contributed by atoms with van der Waals surface area (Å²) in [5.74, 6) is -0.0904. The molecular formula is C28H64N4. The first-order valence-electron chi connectivity index (χ1n) is 13.8. The summed E-state index contributed by atoms with van der Waals surface area (Å²) < 4.78 is 0. The lowest BCUT2D eigenvalue weighted by atomic mass is 9.96. The van der Waals surface area contributed by atoms with Crippen LogP contribution in [0.25, 0.3) is 0 Å². The van der Waals surface area contributed by atoms with Crippen LogP contribution in [0, 0.1) is 0 Å². The third kappa shape index (κ3) is 13.5. The molecule has 4 heteroatoms. The van der Waals surface area contributed by atoms with Gasteiger partial charge in [-0.15, -0.1) is 0 Å². The highest BCUT2D eigenvalue weighted by Crippen LogP contribution is 2.29. The van der Waals surface area contributed by atoms with E-state index in [0.29, 0.717) is 6.04 Å². The highest BCUT2D eigenvalue weighted by molar-refractivity contribution is 4.94. The molecule has 0 aliphatic carbocycles. The molecular weight excluding hydrogens is 392 g/mol. The van der Waals surface area contributed by atoms with E-state index in [2.05, 4.69) is 96.8 Å². The fraction of sp³-hybridized carbons (Fsp3) is 1.00. The predicted octanol–water partition coefficient (Wildman–Crippen LogP) is 7.15. The molecule has 0 rings (SSSR count). The van der Waals surface area contributed by atoms with Crippen LogP contribution >= 0.6 is 0 Å². The van der Waals surface area contributed by atoms with Gasteiger partial charge in [0.25, 0.3) is 0 Å². The maximum Gasteiger partial charge on any atom is 0.145 e. The van der Waals surface area contributed by atoms with E-state index in [1.165, 1.54) is 96.3 Å². The summed E-state index contributed by atoms with van der Waals surface area (Å²) in [6, 6.07) is 0.471. The summed E-state index contributed by atoms with van der Waals surface area (Å²) in [4.78, 5) is 9.46. The number of rotatable bonds is 19. The van der Waals surface area contributed by atoms with Gasteiger partial charge in [0.2, 0.25) is 0 Å². The van der Waals surface area contributed by atoms with Gasteiger partial charge in [-0.05, 0) is 62.8 Å². The van der Waals surface area contributed by atoms with Gasteiger partial charge in [0.15, 0.2) is 0 Å². The molecule has 0 aromatic rings. The van der Waals surface area contributed by atoms with Gasteiger partial charge in [-0.2, -0.15) is 0 Å². The van der Waals surface area contributed by atoms with E-state index in [4.69, 9.17) is 0 Å². The zero-order valence-electron chi connectivity index (χ0n) is 24.5. The molecule has 0 N–H and O–H groups in total. The molecule has 0 aliphatic rings. The number of hydrogen-bond acceptors (Lipinski definition) is 4. The first kappa shape index (κ1) is 34.0. The van der Waals surface area contributed by atoms with Gasteiger partial charge in [-0.3, -0.25) is 14.7 Å². The topological polar surface area (TPSA) is 13.0 Å². The van der Waals surface area contributed by atoms with Crippen LogP contribution in [0.5, 0.6) is 0 Å². The largest absolute Gasteiger partial charge is 0.302 e. The quantitative estimate of drug-likeness (QED) is 0.151. The zero-order chi connectivity index (χ0) is 25.0. The fourth-order valence-corrected chi connectivity index (χ4v) is 5.22. The van der Waals surface area contributed by atoms with Crippen molar-refractivity contribution >= 4 is 0 Å². The van der Waals surface area contributed by atoms with Crippen LogP contribution in [0.3, 0.4) is 0 Å². The molecule has 32 heavy (non-hydrogen) atoms. The lowest BCUT2D eigenvalue weighted by molar-refractivity contribution is -0.156. The average Bonchev–Trinajstić information content (AvgIpc) is 2.71. The highest BCUT2D eigenvalue weighted by atomic mass is 15.6. The van der Waals surface area contributed by atoms with Crippen molar-refractivity contribution in [1.29, 1.82) is 0 Å². The molecule has 0 amide bonds. The predicted molar refractivity (Wildman–Crippen MR) is 148 cm³/mol. The minimum Gasteiger partial charge on any atom is -0.302 e. The summed E-state index contributed by atoms with van der Waals surface area (Å²) in [6.07, 6.45) is 20.8. The Morgan fingerprint density at radius 1 is 0.438 bits per heavy atom. The molecule has 0 saturated carbocycles. The molecule has 0 aromatic carbocycles. The molecule has 0 aliphatic heterocycles. The van der Waals surface area contributed by atoms with Crippen LogP contribution in [-0.2, 0) is 0 Å². The smallest absolute Gasteiger partial charge is 0.145 e. The second-order valence-corrected chi connectivity index (χ2v) is 10.5. The van der Waals surface area contributed by atoms with Crippen LogP contribution in [0.1, 0.15) is 117 Å². The molecule has 0 saturated heterocycles. The van der Waals surface area contributed by atoms with E-state index >= 15 is 0 Å². The van der Waals surface area contributed by atoms with Crippen molar-refractivity contribution in [1.82, 2.24) is 19.6 Å². The SMILES string of the molecule is CCCCCCCCC(N(C)C)C(N(C)C)(N(C)C)N(C)C.CCCCCCCCCC. The zero-order valence-corrected chi connectivity index (χ0v) is 24.5. The summed E-state index contributed by atoms with van der Waals surface area (Å²) in [7, 11) is 17.6. The van der Waals surface area contributed by atoms with Crippen LogP contribution < -0.4 is 0 Å². The Morgan fingerprint density at radius 3 is 0.969 bits per heavy atom. The monoisotopic (exact) mass is 457 g/mol. The first-order chi connectivity index (χ1) is 15.1. The highest BCUT2D eigenvalue weighted by Gasteiger charge is 2.46. The van der Waals surface area contributed by atoms with Gasteiger partial charge in [-0.25, -0.2) is 0 Å². The fourth-order valence-electron chi connectivity index (χ4n) is 5.22. The Bertz CT molecular complexity index is 350. The molecule has 0 heterocycles. The van der Waals surface area contributed by atoms with Gasteiger partial charge < -0.3 is 4.90 Å². The van der Waals surface area contributed by atoms with Crippen molar-refractivity contribution in [3.63, 3.8) is 0 Å². The Hall–Kier alpha value is -0.160. The van der Waals surface area contributed by atoms with Crippen molar-refractivity contribution < 1.29 is 0 Å². The Balaban J connectivity index is 0. The third-order valence-electron chi connectivity index (χ3n) is 6.83. The number of hydrogen-bond donors (Lipinski definition) is 0. The van der Waals surface area contributed by atoms with Crippen LogP contribution in [-0.4, -0.2) is 87.8 Å². The van der Waals surface area contributed by atoms with Gasteiger partial charge in [0, 0.05) is 0 Å². The lowest BCUT2D eigenvalue weighted by Crippen LogP contribution is -2.73. The lowest BCUT2D eigenvalue weighted by Gasteiger charge is -2.56. The maximum absolute atomic E-state index is 2.39. The minimum atomic E-state index is -0.0904. The summed E-state index contributed by atoms with van der Waals surface area (Å²) in [5, 5.41) is 0.